The molecule has 0 radical (unpaired) electrons. The summed E-state index contributed by atoms with van der Waals surface area (Å²) in [6.45, 7) is 2.15. The van der Waals surface area contributed by atoms with E-state index >= 15 is 0 Å². The van der Waals surface area contributed by atoms with Crippen molar-refractivity contribution in [2.75, 3.05) is 17.3 Å². The number of methoxy groups -OCH3 is 1. The molecule has 0 bridgehead atoms. The minimum Gasteiger partial charge on any atom is -0.497 e. The molecule has 28 heavy (non-hydrogen) atoms. The topological polar surface area (TPSA) is 41.6 Å². The number of amides is 1. The van der Waals surface area contributed by atoms with Crippen LogP contribution in [-0.2, 0) is 0 Å². The van der Waals surface area contributed by atoms with Gasteiger partial charge in [-0.2, -0.15) is 0 Å². The molecule has 1 aliphatic heterocycles. The van der Waals surface area contributed by atoms with Gasteiger partial charge in [0, 0.05) is 23.0 Å². The minimum absolute atomic E-state index is 0.000306. The third-order valence-electron chi connectivity index (χ3n) is 5.20. The summed E-state index contributed by atoms with van der Waals surface area (Å²) in [6.07, 6.45) is 0.835. The molecule has 0 aromatic heterocycles. The van der Waals surface area contributed by atoms with Crippen LogP contribution in [0.15, 0.2) is 78.9 Å². The first-order valence-electron chi connectivity index (χ1n) is 9.55. The van der Waals surface area contributed by atoms with E-state index < -0.39 is 0 Å². The summed E-state index contributed by atoms with van der Waals surface area (Å²) >= 11 is 0. The molecule has 4 rings (SSSR count). The lowest BCUT2D eigenvalue weighted by molar-refractivity contribution is 0.0974. The van der Waals surface area contributed by atoms with Crippen molar-refractivity contribution in [3.8, 4) is 5.75 Å². The Kier molecular flexibility index (Phi) is 5.02. The second kappa shape index (κ2) is 7.77. The maximum atomic E-state index is 13.6. The molecule has 1 amide bonds. The number of nitrogens with one attached hydrogen (secondary N) is 1. The lowest BCUT2D eigenvalue weighted by Crippen LogP contribution is -2.40. The predicted molar refractivity (Wildman–Crippen MR) is 113 cm³/mol. The summed E-state index contributed by atoms with van der Waals surface area (Å²) in [5, 5.41) is 3.54. The lowest BCUT2D eigenvalue weighted by atomic mass is 9.91. The van der Waals surface area contributed by atoms with Gasteiger partial charge in [-0.3, -0.25) is 4.79 Å². The Morgan fingerprint density at radius 2 is 1.64 bits per heavy atom. The zero-order chi connectivity index (χ0) is 19.5. The minimum atomic E-state index is -0.0476. The van der Waals surface area contributed by atoms with E-state index in [1.807, 2.05) is 71.6 Å². The molecule has 4 heteroatoms. The Labute approximate surface area is 165 Å². The summed E-state index contributed by atoms with van der Waals surface area (Å²) in [7, 11) is 1.65. The van der Waals surface area contributed by atoms with E-state index in [4.69, 9.17) is 4.74 Å². The Hall–Kier alpha value is -3.27. The van der Waals surface area contributed by atoms with E-state index in [2.05, 4.69) is 24.4 Å². The number of anilines is 2. The number of benzene rings is 3. The van der Waals surface area contributed by atoms with Crippen molar-refractivity contribution in [3.05, 3.63) is 90.0 Å². The fourth-order valence-corrected chi connectivity index (χ4v) is 3.85. The Bertz CT molecular complexity index is 954. The second-order valence-electron chi connectivity index (χ2n) is 7.12. The van der Waals surface area contributed by atoms with Gasteiger partial charge in [-0.1, -0.05) is 36.4 Å². The highest BCUT2D eigenvalue weighted by Crippen LogP contribution is 2.40. The number of hydrogen-bond acceptors (Lipinski definition) is 3. The van der Waals surface area contributed by atoms with Gasteiger partial charge in [0.25, 0.3) is 5.91 Å². The molecule has 2 unspecified atom stereocenters. The Balaban J connectivity index is 1.82. The average Bonchev–Trinajstić information content (AvgIpc) is 2.75. The van der Waals surface area contributed by atoms with Gasteiger partial charge >= 0.3 is 0 Å². The molecule has 0 saturated carbocycles. The van der Waals surface area contributed by atoms with E-state index in [-0.39, 0.29) is 18.0 Å². The van der Waals surface area contributed by atoms with Crippen LogP contribution in [0, 0.1) is 0 Å². The smallest absolute Gasteiger partial charge is 0.258 e. The maximum absolute atomic E-state index is 13.6. The third kappa shape index (κ3) is 3.46. The fourth-order valence-electron chi connectivity index (χ4n) is 3.85. The standard InChI is InChI=1S/C24H24N2O2/c1-17-16-23(21-10-6-7-11-22(21)25-17)26(19-12-14-20(28-2)15-13-19)24(27)18-8-4-3-5-9-18/h3-15,17,23,25H,16H2,1-2H3. The van der Waals surface area contributed by atoms with Gasteiger partial charge in [-0.15, -0.1) is 0 Å². The van der Waals surface area contributed by atoms with Crippen molar-refractivity contribution < 1.29 is 9.53 Å². The van der Waals surface area contributed by atoms with Crippen molar-refractivity contribution >= 4 is 17.3 Å². The molecule has 2 atom stereocenters. The number of carbonyl (C=O) groups excluding carboxylic acids is 1. The van der Waals surface area contributed by atoms with Crippen LogP contribution in [-0.4, -0.2) is 19.1 Å². The zero-order valence-electron chi connectivity index (χ0n) is 16.1. The van der Waals surface area contributed by atoms with Crippen molar-refractivity contribution in [2.24, 2.45) is 0 Å². The average molecular weight is 372 g/mol. The summed E-state index contributed by atoms with van der Waals surface area (Å²) < 4.78 is 5.30. The van der Waals surface area contributed by atoms with Gasteiger partial charge in [-0.25, -0.2) is 0 Å². The van der Waals surface area contributed by atoms with Crippen LogP contribution in [0.5, 0.6) is 5.75 Å². The van der Waals surface area contributed by atoms with Crippen LogP contribution in [0.4, 0.5) is 11.4 Å². The lowest BCUT2D eigenvalue weighted by Gasteiger charge is -2.39. The Morgan fingerprint density at radius 3 is 2.36 bits per heavy atom. The van der Waals surface area contributed by atoms with E-state index in [0.717, 1.165) is 29.1 Å². The first-order chi connectivity index (χ1) is 13.7. The molecule has 0 aliphatic carbocycles. The first kappa shape index (κ1) is 18.1. The number of rotatable bonds is 4. The van der Waals surface area contributed by atoms with Gasteiger partial charge in [-0.05, 0) is 61.4 Å². The summed E-state index contributed by atoms with van der Waals surface area (Å²) in [5.74, 6) is 0.773. The van der Waals surface area contributed by atoms with Gasteiger partial charge in [0.15, 0.2) is 0 Å². The molecule has 3 aromatic carbocycles. The molecule has 3 aromatic rings. The van der Waals surface area contributed by atoms with Crippen LogP contribution in [0.1, 0.15) is 35.3 Å². The highest BCUT2D eigenvalue weighted by Gasteiger charge is 2.33. The Morgan fingerprint density at radius 1 is 0.964 bits per heavy atom. The molecule has 1 aliphatic rings. The van der Waals surface area contributed by atoms with E-state index in [1.165, 1.54) is 0 Å². The largest absolute Gasteiger partial charge is 0.497 e. The predicted octanol–water partition coefficient (Wildman–Crippen LogP) is 5.29. The number of ether oxygens (including phenoxy) is 1. The second-order valence-corrected chi connectivity index (χ2v) is 7.12. The number of para-hydroxylation sites is 1. The van der Waals surface area contributed by atoms with E-state index in [9.17, 15) is 4.79 Å². The monoisotopic (exact) mass is 372 g/mol. The number of carbonyl (C=O) groups is 1. The summed E-state index contributed by atoms with van der Waals surface area (Å²) in [4.78, 5) is 15.5. The van der Waals surface area contributed by atoms with Crippen LogP contribution in [0.2, 0.25) is 0 Å². The quantitative estimate of drug-likeness (QED) is 0.677. The van der Waals surface area contributed by atoms with Gasteiger partial charge in [0.05, 0.1) is 13.2 Å². The van der Waals surface area contributed by atoms with Crippen LogP contribution >= 0.6 is 0 Å². The first-order valence-corrected chi connectivity index (χ1v) is 9.55. The molecule has 1 heterocycles. The van der Waals surface area contributed by atoms with E-state index in [0.29, 0.717) is 5.56 Å². The van der Waals surface area contributed by atoms with Gasteiger partial charge in [0.1, 0.15) is 5.75 Å². The summed E-state index contributed by atoms with van der Waals surface area (Å²) in [6, 6.07) is 25.6. The zero-order valence-corrected chi connectivity index (χ0v) is 16.1. The molecule has 0 spiro atoms. The van der Waals surface area contributed by atoms with Crippen molar-refractivity contribution in [1.29, 1.82) is 0 Å². The third-order valence-corrected chi connectivity index (χ3v) is 5.20. The summed E-state index contributed by atoms with van der Waals surface area (Å²) in [5.41, 5.74) is 3.77. The number of hydrogen-bond donors (Lipinski definition) is 1. The van der Waals surface area contributed by atoms with E-state index in [1.54, 1.807) is 7.11 Å². The van der Waals surface area contributed by atoms with Gasteiger partial charge < -0.3 is 15.0 Å². The molecule has 0 fully saturated rings. The SMILES string of the molecule is COc1ccc(N(C(=O)c2ccccc2)C2CC(C)Nc3ccccc32)cc1. The molecular formula is C24H24N2O2. The molecule has 0 saturated heterocycles. The molecule has 1 N–H and O–H groups in total. The van der Waals surface area contributed by atoms with Crippen LogP contribution < -0.4 is 15.0 Å². The van der Waals surface area contributed by atoms with Gasteiger partial charge in [0.2, 0.25) is 0 Å². The maximum Gasteiger partial charge on any atom is 0.258 e. The number of nitrogens with zero attached hydrogens (tertiary/aromatic N) is 1. The molecule has 142 valence electrons. The number of fused-ring (bicyclic) bond motifs is 1. The van der Waals surface area contributed by atoms with Crippen molar-refractivity contribution in [2.45, 2.75) is 25.4 Å². The highest BCUT2D eigenvalue weighted by atomic mass is 16.5. The molecule has 4 nitrogen and oxygen atoms in total. The molecular weight excluding hydrogens is 348 g/mol. The van der Waals surface area contributed by atoms with Crippen LogP contribution in [0.3, 0.4) is 0 Å². The fraction of sp³-hybridized carbons (Fsp3) is 0.208. The normalized spacial score (nSPS) is 17.9. The van der Waals surface area contributed by atoms with Crippen LogP contribution in [0.25, 0.3) is 0 Å². The van der Waals surface area contributed by atoms with Crippen molar-refractivity contribution in [1.82, 2.24) is 0 Å². The highest BCUT2D eigenvalue weighted by molar-refractivity contribution is 6.06. The van der Waals surface area contributed by atoms with Crippen molar-refractivity contribution in [3.63, 3.8) is 0 Å².